The van der Waals surface area contributed by atoms with Gasteiger partial charge in [-0.05, 0) is 41.3 Å². The fourth-order valence-corrected chi connectivity index (χ4v) is 5.82. The Labute approximate surface area is 178 Å². The van der Waals surface area contributed by atoms with E-state index < -0.39 is 0 Å². The second-order valence-corrected chi connectivity index (χ2v) is 9.15. The van der Waals surface area contributed by atoms with Crippen LogP contribution in [0.3, 0.4) is 0 Å². The van der Waals surface area contributed by atoms with E-state index in [1.807, 2.05) is 6.20 Å². The van der Waals surface area contributed by atoms with Crippen molar-refractivity contribution in [2.75, 3.05) is 0 Å². The fourth-order valence-electron chi connectivity index (χ4n) is 5.82. The fraction of sp³-hybridized carbons (Fsp3) is 0.333. The van der Waals surface area contributed by atoms with Crippen LogP contribution in [0.25, 0.3) is 27.7 Å². The first-order valence-electron chi connectivity index (χ1n) is 11.3. The molecule has 2 aromatic heterocycles. The van der Waals surface area contributed by atoms with Gasteiger partial charge in [0.05, 0.1) is 11.3 Å². The number of hydrogen-bond donors (Lipinski definition) is 0. The van der Waals surface area contributed by atoms with Gasteiger partial charge >= 0.3 is 0 Å². The van der Waals surface area contributed by atoms with Gasteiger partial charge in [0, 0.05) is 36.3 Å². The van der Waals surface area contributed by atoms with Crippen molar-refractivity contribution in [3.8, 4) is 16.9 Å². The van der Waals surface area contributed by atoms with E-state index in [2.05, 4.69) is 76.9 Å². The zero-order chi connectivity index (χ0) is 20.2. The number of fused-ring (bicyclic) bond motifs is 5. The summed E-state index contributed by atoms with van der Waals surface area (Å²) in [5.74, 6) is 2.01. The van der Waals surface area contributed by atoms with Gasteiger partial charge in [0.1, 0.15) is 12.9 Å². The van der Waals surface area contributed by atoms with Crippen molar-refractivity contribution in [3.63, 3.8) is 0 Å². The molecule has 0 amide bonds. The molecular weight excluding hydrogens is 366 g/mol. The molecule has 0 spiro atoms. The number of imidazole rings is 1. The minimum absolute atomic E-state index is 0.860. The quantitative estimate of drug-likeness (QED) is 0.372. The molecule has 0 bridgehead atoms. The Morgan fingerprint density at radius 3 is 2.73 bits per heavy atom. The maximum Gasteiger partial charge on any atom is 0.213 e. The summed E-state index contributed by atoms with van der Waals surface area (Å²) in [5, 5.41) is 2.67. The Bertz CT molecular complexity index is 1280. The normalized spacial score (nSPS) is 15.7. The lowest BCUT2D eigenvalue weighted by Gasteiger charge is -2.16. The van der Waals surface area contributed by atoms with Crippen LogP contribution >= 0.6 is 0 Å². The molecule has 4 aromatic rings. The van der Waals surface area contributed by atoms with Crippen LogP contribution in [0.5, 0.6) is 0 Å². The van der Waals surface area contributed by atoms with Crippen molar-refractivity contribution in [3.05, 3.63) is 77.5 Å². The highest BCUT2D eigenvalue weighted by Crippen LogP contribution is 2.42. The van der Waals surface area contributed by atoms with Crippen molar-refractivity contribution in [1.29, 1.82) is 0 Å². The summed E-state index contributed by atoms with van der Waals surface area (Å²) < 4.78 is 4.60. The Kier molecular flexibility index (Phi) is 4.05. The summed E-state index contributed by atoms with van der Waals surface area (Å²) in [6, 6.07) is 13.6. The van der Waals surface area contributed by atoms with Gasteiger partial charge in [-0.15, -0.1) is 0 Å². The van der Waals surface area contributed by atoms with Crippen LogP contribution in [0.15, 0.2) is 55.0 Å². The van der Waals surface area contributed by atoms with Crippen LogP contribution in [0.1, 0.15) is 48.2 Å². The first kappa shape index (κ1) is 17.9. The number of aryl methyl sites for hydroxylation is 2. The summed E-state index contributed by atoms with van der Waals surface area (Å²) in [6.45, 7) is 2.29. The van der Waals surface area contributed by atoms with E-state index in [9.17, 15) is 0 Å². The average molecular weight is 395 g/mol. The number of rotatable bonds is 3. The Morgan fingerprint density at radius 1 is 1.10 bits per heavy atom. The molecule has 2 aliphatic rings. The molecule has 1 saturated carbocycles. The van der Waals surface area contributed by atoms with Crippen LogP contribution in [0.4, 0.5) is 0 Å². The zero-order valence-corrected chi connectivity index (χ0v) is 17.9. The molecule has 1 aliphatic carbocycles. The summed E-state index contributed by atoms with van der Waals surface area (Å²) in [7, 11) is 2.18. The molecular formula is C27H28N3+. The van der Waals surface area contributed by atoms with Crippen molar-refractivity contribution in [1.82, 2.24) is 9.55 Å². The molecule has 0 radical (unpaired) electrons. The molecule has 1 fully saturated rings. The van der Waals surface area contributed by atoms with Crippen LogP contribution in [0, 0.1) is 12.8 Å². The molecule has 3 nitrogen and oxygen atoms in total. The molecule has 2 aromatic carbocycles. The van der Waals surface area contributed by atoms with E-state index in [0.717, 1.165) is 18.2 Å². The molecule has 0 atom stereocenters. The Morgan fingerprint density at radius 2 is 1.90 bits per heavy atom. The maximum absolute atomic E-state index is 4.65. The molecule has 3 heterocycles. The van der Waals surface area contributed by atoms with Crippen LogP contribution < -0.4 is 4.57 Å². The Balaban J connectivity index is 1.59. The molecule has 0 N–H and O–H groups in total. The van der Waals surface area contributed by atoms with E-state index in [-0.39, 0.29) is 0 Å². The molecule has 3 heteroatoms. The van der Waals surface area contributed by atoms with Crippen molar-refractivity contribution >= 4 is 10.8 Å². The van der Waals surface area contributed by atoms with Gasteiger partial charge in [0.2, 0.25) is 5.69 Å². The van der Waals surface area contributed by atoms with Crippen LogP contribution in [0.2, 0.25) is 0 Å². The predicted octanol–water partition coefficient (Wildman–Crippen LogP) is 5.46. The second-order valence-electron chi connectivity index (χ2n) is 9.15. The van der Waals surface area contributed by atoms with E-state index in [1.165, 1.54) is 76.5 Å². The summed E-state index contributed by atoms with van der Waals surface area (Å²) in [6.07, 6.45) is 14.0. The van der Waals surface area contributed by atoms with Crippen LogP contribution in [-0.2, 0) is 19.9 Å². The van der Waals surface area contributed by atoms with Gasteiger partial charge in [0.15, 0.2) is 6.20 Å². The van der Waals surface area contributed by atoms with Crippen molar-refractivity contribution < 1.29 is 4.57 Å². The Hall–Kier alpha value is -2.94. The van der Waals surface area contributed by atoms with Gasteiger partial charge in [-0.2, -0.15) is 0 Å². The van der Waals surface area contributed by atoms with Crippen molar-refractivity contribution in [2.24, 2.45) is 13.0 Å². The topological polar surface area (TPSA) is 21.7 Å². The molecule has 6 rings (SSSR count). The van der Waals surface area contributed by atoms with E-state index >= 15 is 0 Å². The molecule has 30 heavy (non-hydrogen) atoms. The number of aromatic nitrogens is 3. The first-order chi connectivity index (χ1) is 14.7. The summed E-state index contributed by atoms with van der Waals surface area (Å²) in [5.41, 5.74) is 8.32. The SMILES string of the molecule is Cc1c(-c2cc(CC3CCCC3)cc[n+]2C)c2c(c3ccccc13)-n1ccnc1C2. The van der Waals surface area contributed by atoms with Gasteiger partial charge < -0.3 is 4.57 Å². The summed E-state index contributed by atoms with van der Waals surface area (Å²) >= 11 is 0. The second kappa shape index (κ2) is 6.80. The highest BCUT2D eigenvalue weighted by atomic mass is 15.1. The number of benzene rings is 2. The third-order valence-electron chi connectivity index (χ3n) is 7.31. The number of nitrogens with zero attached hydrogens (tertiary/aromatic N) is 3. The zero-order valence-electron chi connectivity index (χ0n) is 17.9. The van der Waals surface area contributed by atoms with Crippen molar-refractivity contribution in [2.45, 2.75) is 45.4 Å². The average Bonchev–Trinajstić information content (AvgIpc) is 3.48. The van der Waals surface area contributed by atoms with E-state index in [1.54, 1.807) is 0 Å². The lowest BCUT2D eigenvalue weighted by Crippen LogP contribution is -2.31. The van der Waals surface area contributed by atoms with E-state index in [0.29, 0.717) is 0 Å². The monoisotopic (exact) mass is 394 g/mol. The highest BCUT2D eigenvalue weighted by molar-refractivity contribution is 6.00. The highest BCUT2D eigenvalue weighted by Gasteiger charge is 2.30. The van der Waals surface area contributed by atoms with Gasteiger partial charge in [0.25, 0.3) is 0 Å². The largest absolute Gasteiger partial charge is 0.303 e. The molecule has 0 unspecified atom stereocenters. The number of hydrogen-bond acceptors (Lipinski definition) is 1. The number of pyridine rings is 1. The molecule has 0 saturated heterocycles. The minimum atomic E-state index is 0.860. The molecule has 150 valence electrons. The van der Waals surface area contributed by atoms with E-state index in [4.69, 9.17) is 0 Å². The smallest absolute Gasteiger partial charge is 0.213 e. The lowest BCUT2D eigenvalue weighted by molar-refractivity contribution is -0.660. The maximum atomic E-state index is 4.65. The van der Waals surface area contributed by atoms with Gasteiger partial charge in [-0.25, -0.2) is 9.55 Å². The van der Waals surface area contributed by atoms with Gasteiger partial charge in [-0.1, -0.05) is 49.9 Å². The summed E-state index contributed by atoms with van der Waals surface area (Å²) in [4.78, 5) is 4.65. The third kappa shape index (κ3) is 2.64. The third-order valence-corrected chi connectivity index (χ3v) is 7.31. The molecule has 1 aliphatic heterocycles. The van der Waals surface area contributed by atoms with Gasteiger partial charge in [-0.3, -0.25) is 0 Å². The standard InChI is InChI=1S/C27H28N3/c1-18-21-9-5-6-10-22(21)27-23(17-25-28-12-14-30(25)27)26(18)24-16-20(11-13-29(24)2)15-19-7-3-4-8-19/h5-6,9-14,16,19H,3-4,7-8,15,17H2,1-2H3/q+1. The van der Waals surface area contributed by atoms with Crippen LogP contribution in [-0.4, -0.2) is 9.55 Å². The lowest BCUT2D eigenvalue weighted by atomic mass is 9.89. The first-order valence-corrected chi connectivity index (χ1v) is 11.3. The predicted molar refractivity (Wildman–Crippen MR) is 121 cm³/mol. The minimum Gasteiger partial charge on any atom is -0.303 e.